The maximum Gasteiger partial charge on any atom is 0.147 e. The minimum atomic E-state index is -0.966. The van der Waals surface area contributed by atoms with Crippen LogP contribution < -0.4 is 0 Å². The lowest BCUT2D eigenvalue weighted by Gasteiger charge is -2.12. The van der Waals surface area contributed by atoms with Gasteiger partial charge < -0.3 is 5.11 Å². The highest BCUT2D eigenvalue weighted by atomic mass is 35.5. The van der Waals surface area contributed by atoms with E-state index in [-0.39, 0.29) is 12.0 Å². The molecule has 0 fully saturated rings. The van der Waals surface area contributed by atoms with Gasteiger partial charge in [0.05, 0.1) is 12.3 Å². The van der Waals surface area contributed by atoms with E-state index in [0.717, 1.165) is 6.20 Å². The van der Waals surface area contributed by atoms with Crippen LogP contribution in [-0.4, -0.2) is 10.1 Å². The van der Waals surface area contributed by atoms with Gasteiger partial charge in [-0.2, -0.15) is 0 Å². The van der Waals surface area contributed by atoms with E-state index >= 15 is 0 Å². The number of halogens is 3. The molecule has 0 radical (unpaired) electrons. The van der Waals surface area contributed by atoms with Crippen molar-refractivity contribution < 1.29 is 9.50 Å². The van der Waals surface area contributed by atoms with Gasteiger partial charge in [0, 0.05) is 28.2 Å². The van der Waals surface area contributed by atoms with E-state index < -0.39 is 11.9 Å². The fourth-order valence-electron chi connectivity index (χ4n) is 1.66. The van der Waals surface area contributed by atoms with E-state index in [2.05, 4.69) is 4.98 Å². The molecule has 5 heteroatoms. The maximum atomic E-state index is 13.4. The van der Waals surface area contributed by atoms with Crippen LogP contribution in [0, 0.1) is 5.82 Å². The van der Waals surface area contributed by atoms with Crippen LogP contribution in [0.5, 0.6) is 0 Å². The summed E-state index contributed by atoms with van der Waals surface area (Å²) in [5, 5.41) is 11.0. The van der Waals surface area contributed by atoms with E-state index in [1.807, 2.05) is 0 Å². The van der Waals surface area contributed by atoms with Gasteiger partial charge in [-0.15, -0.1) is 0 Å². The first kappa shape index (κ1) is 13.3. The normalized spacial score (nSPS) is 12.4. The molecule has 2 rings (SSSR count). The highest BCUT2D eigenvalue weighted by molar-refractivity contribution is 6.35. The summed E-state index contributed by atoms with van der Waals surface area (Å²) in [6, 6.07) is 6.43. The molecule has 18 heavy (non-hydrogen) atoms. The molecule has 0 saturated carbocycles. The number of nitrogens with zero attached hydrogens (tertiary/aromatic N) is 1. The molecule has 0 bridgehead atoms. The quantitative estimate of drug-likeness (QED) is 0.930. The molecule has 0 aliphatic rings. The Morgan fingerprint density at radius 1 is 1.28 bits per heavy atom. The summed E-state index contributed by atoms with van der Waals surface area (Å²) < 4.78 is 13.4. The third kappa shape index (κ3) is 2.99. The minimum Gasteiger partial charge on any atom is -0.388 e. The summed E-state index contributed by atoms with van der Waals surface area (Å²) in [7, 11) is 0. The van der Waals surface area contributed by atoms with E-state index in [1.165, 1.54) is 12.3 Å². The van der Waals surface area contributed by atoms with Crippen LogP contribution in [0.3, 0.4) is 0 Å². The van der Waals surface area contributed by atoms with Crippen molar-refractivity contribution in [1.29, 1.82) is 0 Å². The Balaban J connectivity index is 2.21. The van der Waals surface area contributed by atoms with Gasteiger partial charge in [0.15, 0.2) is 0 Å². The molecule has 1 unspecified atom stereocenters. The Bertz CT molecular complexity index is 562. The smallest absolute Gasteiger partial charge is 0.147 e. The molecule has 0 saturated heterocycles. The van der Waals surface area contributed by atoms with Crippen LogP contribution in [0.1, 0.15) is 17.2 Å². The second-order valence-corrected chi connectivity index (χ2v) is 4.70. The van der Waals surface area contributed by atoms with Crippen molar-refractivity contribution >= 4 is 23.2 Å². The summed E-state index contributed by atoms with van der Waals surface area (Å²) in [5.74, 6) is -0.532. The summed E-state index contributed by atoms with van der Waals surface area (Å²) >= 11 is 11.8. The van der Waals surface area contributed by atoms with Crippen molar-refractivity contribution in [3.05, 3.63) is 63.6 Å². The second-order valence-electron chi connectivity index (χ2n) is 3.85. The van der Waals surface area contributed by atoms with E-state index in [4.69, 9.17) is 23.2 Å². The molecule has 2 aromatic rings. The number of pyridine rings is 1. The average molecular weight is 286 g/mol. The Morgan fingerprint density at radius 2 is 2.06 bits per heavy atom. The monoisotopic (exact) mass is 285 g/mol. The number of benzene rings is 1. The summed E-state index contributed by atoms with van der Waals surface area (Å²) in [5.41, 5.74) is 0.917. The van der Waals surface area contributed by atoms with Gasteiger partial charge >= 0.3 is 0 Å². The van der Waals surface area contributed by atoms with Crippen LogP contribution in [0.15, 0.2) is 36.7 Å². The Hall–Kier alpha value is -1.16. The van der Waals surface area contributed by atoms with Crippen LogP contribution in [0.2, 0.25) is 10.0 Å². The van der Waals surface area contributed by atoms with E-state index in [0.29, 0.717) is 15.6 Å². The molecular formula is C13H10Cl2FNO. The lowest BCUT2D eigenvalue weighted by molar-refractivity contribution is 0.173. The Morgan fingerprint density at radius 3 is 2.72 bits per heavy atom. The van der Waals surface area contributed by atoms with Gasteiger partial charge in [0.2, 0.25) is 0 Å². The van der Waals surface area contributed by atoms with Crippen LogP contribution in [0.4, 0.5) is 4.39 Å². The molecule has 0 aliphatic heterocycles. The lowest BCUT2D eigenvalue weighted by atomic mass is 10.0. The van der Waals surface area contributed by atoms with Gasteiger partial charge in [0.25, 0.3) is 0 Å². The zero-order valence-electron chi connectivity index (χ0n) is 9.28. The topological polar surface area (TPSA) is 33.1 Å². The highest BCUT2D eigenvalue weighted by Crippen LogP contribution is 2.26. The molecule has 1 atom stereocenters. The maximum absolute atomic E-state index is 13.4. The molecule has 1 aromatic carbocycles. The van der Waals surface area contributed by atoms with Crippen molar-refractivity contribution in [2.24, 2.45) is 0 Å². The predicted octanol–water partition coefficient (Wildman–Crippen LogP) is 3.80. The standard InChI is InChI=1S/C13H10Cl2FNO/c14-9-2-1-8(11(15)6-9)5-13(18)10-3-4-17-7-12(10)16/h1-4,6-7,13,18H,5H2. The summed E-state index contributed by atoms with van der Waals surface area (Å²) in [4.78, 5) is 3.63. The number of hydrogen-bond donors (Lipinski definition) is 1. The first-order chi connectivity index (χ1) is 8.58. The number of rotatable bonds is 3. The number of aromatic nitrogens is 1. The van der Waals surface area contributed by atoms with Gasteiger partial charge in [0.1, 0.15) is 5.82 Å². The third-order valence-electron chi connectivity index (χ3n) is 2.59. The fourth-order valence-corrected chi connectivity index (χ4v) is 2.15. The van der Waals surface area contributed by atoms with Crippen molar-refractivity contribution in [2.45, 2.75) is 12.5 Å². The van der Waals surface area contributed by atoms with Crippen molar-refractivity contribution in [2.75, 3.05) is 0 Å². The fraction of sp³-hybridized carbons (Fsp3) is 0.154. The zero-order valence-corrected chi connectivity index (χ0v) is 10.8. The minimum absolute atomic E-state index is 0.205. The van der Waals surface area contributed by atoms with Crippen LogP contribution in [-0.2, 0) is 6.42 Å². The Labute approximate surface area is 114 Å². The Kier molecular flexibility index (Phi) is 4.17. The molecular weight excluding hydrogens is 276 g/mol. The molecule has 0 aliphatic carbocycles. The number of aliphatic hydroxyl groups excluding tert-OH is 1. The highest BCUT2D eigenvalue weighted by Gasteiger charge is 2.14. The number of hydrogen-bond acceptors (Lipinski definition) is 2. The van der Waals surface area contributed by atoms with Gasteiger partial charge in [-0.25, -0.2) is 4.39 Å². The SMILES string of the molecule is OC(Cc1ccc(Cl)cc1Cl)c1ccncc1F. The molecule has 0 spiro atoms. The summed E-state index contributed by atoms with van der Waals surface area (Å²) in [6.07, 6.45) is 1.76. The molecule has 94 valence electrons. The summed E-state index contributed by atoms with van der Waals surface area (Å²) in [6.45, 7) is 0. The van der Waals surface area contributed by atoms with Gasteiger partial charge in [-0.1, -0.05) is 29.3 Å². The van der Waals surface area contributed by atoms with E-state index in [9.17, 15) is 9.50 Å². The molecule has 1 aromatic heterocycles. The molecule has 0 amide bonds. The molecule has 1 heterocycles. The predicted molar refractivity (Wildman–Crippen MR) is 69.3 cm³/mol. The van der Waals surface area contributed by atoms with Crippen LogP contribution >= 0.6 is 23.2 Å². The lowest BCUT2D eigenvalue weighted by Crippen LogP contribution is -2.05. The first-order valence-corrected chi connectivity index (χ1v) is 6.05. The second kappa shape index (κ2) is 5.65. The van der Waals surface area contributed by atoms with Crippen LogP contribution in [0.25, 0.3) is 0 Å². The average Bonchev–Trinajstić information content (AvgIpc) is 2.33. The van der Waals surface area contributed by atoms with E-state index in [1.54, 1.807) is 18.2 Å². The first-order valence-electron chi connectivity index (χ1n) is 5.29. The van der Waals surface area contributed by atoms with Gasteiger partial charge in [-0.05, 0) is 23.8 Å². The van der Waals surface area contributed by atoms with Crippen molar-refractivity contribution in [1.82, 2.24) is 4.98 Å². The largest absolute Gasteiger partial charge is 0.388 e. The number of aliphatic hydroxyl groups is 1. The zero-order chi connectivity index (χ0) is 13.1. The molecule has 2 nitrogen and oxygen atoms in total. The van der Waals surface area contributed by atoms with Crippen molar-refractivity contribution in [3.63, 3.8) is 0 Å². The molecule has 1 N–H and O–H groups in total. The third-order valence-corrected chi connectivity index (χ3v) is 3.18. The van der Waals surface area contributed by atoms with Crippen molar-refractivity contribution in [3.8, 4) is 0 Å². The van der Waals surface area contributed by atoms with Gasteiger partial charge in [-0.3, -0.25) is 4.98 Å².